The molecule has 0 N–H and O–H groups in total. The fraction of sp³-hybridized carbons (Fsp3) is 0.304. The predicted molar refractivity (Wildman–Crippen MR) is 109 cm³/mol. The normalized spacial score (nSPS) is 14.9. The van der Waals surface area contributed by atoms with Gasteiger partial charge < -0.3 is 9.32 Å². The van der Waals surface area contributed by atoms with Crippen LogP contribution in [0.5, 0.6) is 0 Å². The number of hydrogen-bond donors (Lipinski definition) is 0. The highest BCUT2D eigenvalue weighted by atomic mass is 19.1. The third kappa shape index (κ3) is 4.90. The lowest BCUT2D eigenvalue weighted by atomic mass is 10.2. The molecule has 6 heteroatoms. The van der Waals surface area contributed by atoms with E-state index in [1.54, 1.807) is 18.2 Å². The zero-order valence-corrected chi connectivity index (χ0v) is 16.3. The van der Waals surface area contributed by atoms with Gasteiger partial charge in [0.25, 0.3) is 0 Å². The van der Waals surface area contributed by atoms with Crippen LogP contribution in [-0.2, 0) is 17.8 Å². The van der Waals surface area contributed by atoms with Crippen LogP contribution in [0.3, 0.4) is 0 Å². The molecule has 0 bridgehead atoms. The van der Waals surface area contributed by atoms with Crippen molar-refractivity contribution in [2.24, 2.45) is 0 Å². The first kappa shape index (κ1) is 19.3. The van der Waals surface area contributed by atoms with Crippen molar-refractivity contribution >= 4 is 5.91 Å². The van der Waals surface area contributed by atoms with Crippen LogP contribution in [0, 0.1) is 5.82 Å². The Bertz CT molecular complexity index is 950. The first-order valence-electron chi connectivity index (χ1n) is 9.93. The summed E-state index contributed by atoms with van der Waals surface area (Å²) >= 11 is 0. The fourth-order valence-electron chi connectivity index (χ4n) is 3.58. The lowest BCUT2D eigenvalue weighted by molar-refractivity contribution is -0.133. The molecule has 1 saturated heterocycles. The van der Waals surface area contributed by atoms with E-state index in [-0.39, 0.29) is 11.7 Å². The van der Waals surface area contributed by atoms with E-state index >= 15 is 0 Å². The summed E-state index contributed by atoms with van der Waals surface area (Å²) in [6.07, 6.45) is 2.27. The number of rotatable bonds is 6. The largest absolute Gasteiger partial charge is 0.441 e. The van der Waals surface area contributed by atoms with Crippen molar-refractivity contribution in [2.45, 2.75) is 19.4 Å². The lowest BCUT2D eigenvalue weighted by Gasteiger charge is -2.34. The van der Waals surface area contributed by atoms with Crippen molar-refractivity contribution in [3.8, 4) is 11.3 Å². The van der Waals surface area contributed by atoms with Gasteiger partial charge in [-0.25, -0.2) is 9.37 Å². The standard InChI is InChI=1S/C23H24FN3O2/c24-20-9-5-4-8-19(20)21-16-25-22(29-21)10-11-23(28)27-14-12-26(13-15-27)17-18-6-2-1-3-7-18/h1-9,16H,10-15,17H2. The van der Waals surface area contributed by atoms with Crippen LogP contribution >= 0.6 is 0 Å². The zero-order chi connectivity index (χ0) is 20.1. The molecule has 1 aromatic heterocycles. The van der Waals surface area contributed by atoms with Gasteiger partial charge in [-0.15, -0.1) is 0 Å². The number of carbonyl (C=O) groups excluding carboxylic acids is 1. The number of oxazole rings is 1. The minimum absolute atomic E-state index is 0.106. The van der Waals surface area contributed by atoms with Crippen LogP contribution < -0.4 is 0 Å². The summed E-state index contributed by atoms with van der Waals surface area (Å²) in [5.41, 5.74) is 1.67. The Morgan fingerprint density at radius 2 is 1.72 bits per heavy atom. The maximum atomic E-state index is 13.9. The molecule has 1 aliphatic heterocycles. The van der Waals surface area contributed by atoms with Gasteiger partial charge in [0.2, 0.25) is 5.91 Å². The van der Waals surface area contributed by atoms with E-state index in [0.717, 1.165) is 32.7 Å². The van der Waals surface area contributed by atoms with Crippen LogP contribution in [0.4, 0.5) is 4.39 Å². The minimum Gasteiger partial charge on any atom is -0.441 e. The number of carbonyl (C=O) groups is 1. The SMILES string of the molecule is O=C(CCc1ncc(-c2ccccc2F)o1)N1CCN(Cc2ccccc2)CC1. The van der Waals surface area contributed by atoms with Gasteiger partial charge in [0.15, 0.2) is 11.7 Å². The minimum atomic E-state index is -0.348. The first-order valence-corrected chi connectivity index (χ1v) is 9.93. The average Bonchev–Trinajstić information content (AvgIpc) is 3.22. The molecule has 1 fully saturated rings. The molecule has 5 nitrogen and oxygen atoms in total. The van der Waals surface area contributed by atoms with E-state index in [1.807, 2.05) is 11.0 Å². The number of aryl methyl sites for hydroxylation is 1. The van der Waals surface area contributed by atoms with Gasteiger partial charge in [0, 0.05) is 45.6 Å². The Morgan fingerprint density at radius 1 is 1.00 bits per heavy atom. The van der Waals surface area contributed by atoms with E-state index in [2.05, 4.69) is 34.1 Å². The van der Waals surface area contributed by atoms with Gasteiger partial charge in [-0.2, -0.15) is 0 Å². The molecule has 1 amide bonds. The second-order valence-electron chi connectivity index (χ2n) is 7.24. The molecule has 150 valence electrons. The quantitative estimate of drug-likeness (QED) is 0.640. The molecule has 3 aromatic rings. The van der Waals surface area contributed by atoms with E-state index < -0.39 is 0 Å². The summed E-state index contributed by atoms with van der Waals surface area (Å²) in [6.45, 7) is 4.13. The highest BCUT2D eigenvalue weighted by Crippen LogP contribution is 2.23. The number of hydrogen-bond acceptors (Lipinski definition) is 4. The summed E-state index contributed by atoms with van der Waals surface area (Å²) in [6, 6.07) is 16.8. The second-order valence-corrected chi connectivity index (χ2v) is 7.24. The van der Waals surface area contributed by atoms with Crippen molar-refractivity contribution < 1.29 is 13.6 Å². The number of halogens is 1. The predicted octanol–water partition coefficient (Wildman–Crippen LogP) is 3.76. The van der Waals surface area contributed by atoms with Gasteiger partial charge in [-0.3, -0.25) is 9.69 Å². The highest BCUT2D eigenvalue weighted by Gasteiger charge is 2.21. The molecule has 0 unspecified atom stereocenters. The second kappa shape index (κ2) is 9.01. The molecule has 0 atom stereocenters. The lowest BCUT2D eigenvalue weighted by Crippen LogP contribution is -2.48. The molecule has 2 heterocycles. The Hall–Kier alpha value is -2.99. The summed E-state index contributed by atoms with van der Waals surface area (Å²) < 4.78 is 19.5. The third-order valence-electron chi connectivity index (χ3n) is 5.22. The number of piperazine rings is 1. The molecule has 1 aliphatic rings. The maximum absolute atomic E-state index is 13.9. The monoisotopic (exact) mass is 393 g/mol. The van der Waals surface area contributed by atoms with E-state index in [9.17, 15) is 9.18 Å². The molecular weight excluding hydrogens is 369 g/mol. The maximum Gasteiger partial charge on any atom is 0.223 e. The highest BCUT2D eigenvalue weighted by molar-refractivity contribution is 5.76. The number of amides is 1. The van der Waals surface area contributed by atoms with Gasteiger partial charge in [0.05, 0.1) is 11.8 Å². The molecular formula is C23H24FN3O2. The van der Waals surface area contributed by atoms with Gasteiger partial charge in [0.1, 0.15) is 5.82 Å². The van der Waals surface area contributed by atoms with Crippen LogP contribution in [0.2, 0.25) is 0 Å². The number of benzene rings is 2. The van der Waals surface area contributed by atoms with Gasteiger partial charge in [-0.05, 0) is 17.7 Å². The van der Waals surface area contributed by atoms with Crippen LogP contribution in [0.25, 0.3) is 11.3 Å². The molecule has 0 spiro atoms. The van der Waals surface area contributed by atoms with Crippen molar-refractivity contribution in [1.29, 1.82) is 0 Å². The summed E-state index contributed by atoms with van der Waals surface area (Å²) in [7, 11) is 0. The van der Waals surface area contributed by atoms with E-state index in [1.165, 1.54) is 17.8 Å². The number of nitrogens with zero attached hydrogens (tertiary/aromatic N) is 3. The fourth-order valence-corrected chi connectivity index (χ4v) is 3.58. The van der Waals surface area contributed by atoms with Crippen LogP contribution in [0.1, 0.15) is 17.9 Å². The van der Waals surface area contributed by atoms with Crippen molar-refractivity contribution in [2.75, 3.05) is 26.2 Å². The Balaban J connectivity index is 1.25. The summed E-state index contributed by atoms with van der Waals surface area (Å²) in [5.74, 6) is 0.606. The summed E-state index contributed by atoms with van der Waals surface area (Å²) in [5, 5.41) is 0. The van der Waals surface area contributed by atoms with Crippen LogP contribution in [0.15, 0.2) is 65.2 Å². The average molecular weight is 393 g/mol. The molecule has 0 aliphatic carbocycles. The van der Waals surface area contributed by atoms with Crippen molar-refractivity contribution in [3.63, 3.8) is 0 Å². The zero-order valence-electron chi connectivity index (χ0n) is 16.3. The van der Waals surface area contributed by atoms with Crippen molar-refractivity contribution in [1.82, 2.24) is 14.8 Å². The smallest absolute Gasteiger partial charge is 0.223 e. The molecule has 0 saturated carbocycles. The Labute approximate surface area is 169 Å². The molecule has 4 rings (SSSR count). The first-order chi connectivity index (χ1) is 14.2. The Morgan fingerprint density at radius 3 is 2.48 bits per heavy atom. The van der Waals surface area contributed by atoms with Crippen molar-refractivity contribution in [3.05, 3.63) is 78.1 Å². The number of aromatic nitrogens is 1. The Kier molecular flexibility index (Phi) is 6.00. The van der Waals surface area contributed by atoms with E-state index in [0.29, 0.717) is 30.1 Å². The van der Waals surface area contributed by atoms with Gasteiger partial charge in [-0.1, -0.05) is 42.5 Å². The van der Waals surface area contributed by atoms with Gasteiger partial charge >= 0.3 is 0 Å². The molecule has 0 radical (unpaired) electrons. The third-order valence-corrected chi connectivity index (χ3v) is 5.22. The topological polar surface area (TPSA) is 49.6 Å². The molecule has 2 aromatic carbocycles. The summed E-state index contributed by atoms with van der Waals surface area (Å²) in [4.78, 5) is 21.0. The van der Waals surface area contributed by atoms with E-state index in [4.69, 9.17) is 4.42 Å². The van der Waals surface area contributed by atoms with Crippen LogP contribution in [-0.4, -0.2) is 46.9 Å². The molecule has 29 heavy (non-hydrogen) atoms.